The number of hydrogen-bond donors (Lipinski definition) is 0. The van der Waals surface area contributed by atoms with Crippen molar-refractivity contribution in [1.82, 2.24) is 9.97 Å². The quantitative estimate of drug-likeness (QED) is 0.758. The van der Waals surface area contributed by atoms with Gasteiger partial charge in [-0.2, -0.15) is 0 Å². The van der Waals surface area contributed by atoms with E-state index in [1.165, 1.54) is 11.3 Å². The smallest absolute Gasteiger partial charge is 0.415 e. The van der Waals surface area contributed by atoms with E-state index in [0.717, 1.165) is 10.2 Å². The molecule has 0 aromatic carbocycles. The van der Waals surface area contributed by atoms with Crippen molar-refractivity contribution in [3.63, 3.8) is 0 Å². The van der Waals surface area contributed by atoms with E-state index in [1.54, 1.807) is 4.90 Å². The Morgan fingerprint density at radius 3 is 3.12 bits per heavy atom. The second-order valence-corrected chi connectivity index (χ2v) is 4.41. The molecule has 3 rings (SSSR count). The van der Waals surface area contributed by atoms with Crippen LogP contribution in [0.1, 0.15) is 5.82 Å². The van der Waals surface area contributed by atoms with E-state index in [0.29, 0.717) is 24.8 Å². The number of hydrogen-bond acceptors (Lipinski definition) is 5. The average Bonchev–Trinajstić information content (AvgIpc) is 2.84. The molecule has 0 aliphatic carbocycles. The molecule has 2 aromatic rings. The van der Waals surface area contributed by atoms with Crippen molar-refractivity contribution in [2.45, 2.75) is 6.92 Å². The van der Waals surface area contributed by atoms with Gasteiger partial charge < -0.3 is 4.74 Å². The zero-order chi connectivity index (χ0) is 11.1. The fraction of sp³-hybridized carbons (Fsp3) is 0.300. The van der Waals surface area contributed by atoms with Crippen molar-refractivity contribution < 1.29 is 9.53 Å². The van der Waals surface area contributed by atoms with E-state index in [4.69, 9.17) is 4.74 Å². The number of anilines is 1. The Balaban J connectivity index is 2.21. The number of thiophene rings is 1. The third-order valence-corrected chi connectivity index (χ3v) is 3.31. The van der Waals surface area contributed by atoms with Gasteiger partial charge in [-0.05, 0) is 18.4 Å². The molecule has 82 valence electrons. The molecule has 3 heterocycles. The lowest BCUT2D eigenvalue weighted by molar-refractivity contribution is 0.181. The molecule has 16 heavy (non-hydrogen) atoms. The Bertz CT molecular complexity index is 566. The number of ether oxygens (including phenoxy) is 1. The van der Waals surface area contributed by atoms with Gasteiger partial charge in [-0.15, -0.1) is 11.3 Å². The number of carbonyl (C=O) groups is 1. The number of fused-ring (bicyclic) bond motifs is 1. The minimum Gasteiger partial charge on any atom is -0.447 e. The molecule has 1 saturated heterocycles. The van der Waals surface area contributed by atoms with Crippen LogP contribution in [0.15, 0.2) is 11.4 Å². The Labute approximate surface area is 95.7 Å². The standard InChI is InChI=1S/C10H9N3O2S/c1-6-11-7-2-5-16-8(7)9(12-6)13-3-4-15-10(13)14/h2,5H,3-4H2,1H3. The van der Waals surface area contributed by atoms with Crippen molar-refractivity contribution in [3.05, 3.63) is 17.3 Å². The summed E-state index contributed by atoms with van der Waals surface area (Å²) in [6.07, 6.45) is -0.326. The molecule has 0 atom stereocenters. The van der Waals surface area contributed by atoms with Gasteiger partial charge in [-0.3, -0.25) is 4.90 Å². The van der Waals surface area contributed by atoms with E-state index >= 15 is 0 Å². The molecule has 1 aliphatic rings. The molecule has 0 radical (unpaired) electrons. The summed E-state index contributed by atoms with van der Waals surface area (Å²) in [6, 6.07) is 1.93. The third-order valence-electron chi connectivity index (χ3n) is 2.41. The van der Waals surface area contributed by atoms with Crippen LogP contribution in [-0.4, -0.2) is 29.2 Å². The van der Waals surface area contributed by atoms with Crippen molar-refractivity contribution in [2.75, 3.05) is 18.1 Å². The number of aromatic nitrogens is 2. The van der Waals surface area contributed by atoms with E-state index in [2.05, 4.69) is 9.97 Å². The highest BCUT2D eigenvalue weighted by Crippen LogP contribution is 2.30. The molecular formula is C10H9N3O2S. The fourth-order valence-corrected chi connectivity index (χ4v) is 2.56. The van der Waals surface area contributed by atoms with Gasteiger partial charge in [-0.25, -0.2) is 14.8 Å². The Morgan fingerprint density at radius 2 is 2.38 bits per heavy atom. The summed E-state index contributed by atoms with van der Waals surface area (Å²) >= 11 is 1.54. The van der Waals surface area contributed by atoms with Crippen LogP contribution in [-0.2, 0) is 4.74 Å². The average molecular weight is 235 g/mol. The highest BCUT2D eigenvalue weighted by atomic mass is 32.1. The predicted molar refractivity (Wildman–Crippen MR) is 60.8 cm³/mol. The minimum absolute atomic E-state index is 0.326. The number of amides is 1. The minimum atomic E-state index is -0.326. The normalized spacial score (nSPS) is 15.8. The van der Waals surface area contributed by atoms with Gasteiger partial charge in [0.25, 0.3) is 0 Å². The van der Waals surface area contributed by atoms with E-state index < -0.39 is 0 Å². The van der Waals surface area contributed by atoms with E-state index in [1.807, 2.05) is 18.4 Å². The maximum atomic E-state index is 11.5. The van der Waals surface area contributed by atoms with Gasteiger partial charge in [0, 0.05) is 0 Å². The first-order valence-corrected chi connectivity index (χ1v) is 5.80. The highest BCUT2D eigenvalue weighted by Gasteiger charge is 2.27. The van der Waals surface area contributed by atoms with Crippen molar-refractivity contribution in [1.29, 1.82) is 0 Å². The molecule has 0 N–H and O–H groups in total. The van der Waals surface area contributed by atoms with Crippen molar-refractivity contribution >= 4 is 33.5 Å². The fourth-order valence-electron chi connectivity index (χ4n) is 1.73. The number of aryl methyl sites for hydroxylation is 1. The highest BCUT2D eigenvalue weighted by molar-refractivity contribution is 7.17. The first-order chi connectivity index (χ1) is 7.75. The molecule has 1 aliphatic heterocycles. The number of cyclic esters (lactones) is 1. The molecule has 0 saturated carbocycles. The topological polar surface area (TPSA) is 55.3 Å². The van der Waals surface area contributed by atoms with Crippen molar-refractivity contribution in [2.24, 2.45) is 0 Å². The number of carbonyl (C=O) groups excluding carboxylic acids is 1. The lowest BCUT2D eigenvalue weighted by Gasteiger charge is -2.12. The van der Waals surface area contributed by atoms with Gasteiger partial charge in [0.2, 0.25) is 0 Å². The summed E-state index contributed by atoms with van der Waals surface area (Å²) in [5, 5.41) is 1.95. The molecule has 2 aromatic heterocycles. The molecule has 1 fully saturated rings. The monoisotopic (exact) mass is 235 g/mol. The van der Waals surface area contributed by atoms with Crippen LogP contribution in [0, 0.1) is 6.92 Å². The lowest BCUT2D eigenvalue weighted by Crippen LogP contribution is -2.24. The van der Waals surface area contributed by atoms with Crippen LogP contribution >= 0.6 is 11.3 Å². The predicted octanol–water partition coefficient (Wildman–Crippen LogP) is 1.96. The zero-order valence-electron chi connectivity index (χ0n) is 8.64. The van der Waals surface area contributed by atoms with E-state index in [-0.39, 0.29) is 6.09 Å². The summed E-state index contributed by atoms with van der Waals surface area (Å²) in [6.45, 7) is 2.80. The molecule has 1 amide bonds. The van der Waals surface area contributed by atoms with Crippen LogP contribution in [0.4, 0.5) is 10.6 Å². The maximum Gasteiger partial charge on any atom is 0.415 e. The molecule has 0 spiro atoms. The molecular weight excluding hydrogens is 226 g/mol. The van der Waals surface area contributed by atoms with Gasteiger partial charge in [-0.1, -0.05) is 0 Å². The first kappa shape index (κ1) is 9.53. The summed E-state index contributed by atoms with van der Waals surface area (Å²) in [5.41, 5.74) is 0.882. The molecule has 6 heteroatoms. The second kappa shape index (κ2) is 3.41. The largest absolute Gasteiger partial charge is 0.447 e. The Morgan fingerprint density at radius 1 is 1.50 bits per heavy atom. The van der Waals surface area contributed by atoms with E-state index in [9.17, 15) is 4.79 Å². The van der Waals surface area contributed by atoms with Crippen LogP contribution in [0.5, 0.6) is 0 Å². The van der Waals surface area contributed by atoms with Gasteiger partial charge in [0.15, 0.2) is 5.82 Å². The first-order valence-electron chi connectivity index (χ1n) is 4.92. The van der Waals surface area contributed by atoms with Crippen LogP contribution in [0.2, 0.25) is 0 Å². The van der Waals surface area contributed by atoms with Gasteiger partial charge in [0.05, 0.1) is 16.8 Å². The second-order valence-electron chi connectivity index (χ2n) is 3.50. The Hall–Kier alpha value is -1.69. The molecule has 0 unspecified atom stereocenters. The summed E-state index contributed by atoms with van der Waals surface area (Å²) < 4.78 is 5.85. The van der Waals surface area contributed by atoms with Crippen LogP contribution in [0.25, 0.3) is 10.2 Å². The summed E-state index contributed by atoms with van der Waals surface area (Å²) in [5.74, 6) is 1.33. The van der Waals surface area contributed by atoms with Crippen molar-refractivity contribution in [3.8, 4) is 0 Å². The lowest BCUT2D eigenvalue weighted by atomic mass is 10.4. The van der Waals surface area contributed by atoms with Gasteiger partial charge in [0.1, 0.15) is 12.4 Å². The summed E-state index contributed by atoms with van der Waals surface area (Å²) in [7, 11) is 0. The third kappa shape index (κ3) is 1.34. The maximum absolute atomic E-state index is 11.5. The SMILES string of the molecule is Cc1nc(N2CCOC2=O)c2sccc2n1. The van der Waals surface area contributed by atoms with Crippen LogP contribution in [0.3, 0.4) is 0 Å². The van der Waals surface area contributed by atoms with Crippen LogP contribution < -0.4 is 4.90 Å². The zero-order valence-corrected chi connectivity index (χ0v) is 9.45. The number of rotatable bonds is 1. The number of nitrogens with zero attached hydrogens (tertiary/aromatic N) is 3. The van der Waals surface area contributed by atoms with Gasteiger partial charge >= 0.3 is 6.09 Å². The molecule has 5 nitrogen and oxygen atoms in total. The Kier molecular flexibility index (Phi) is 2.03. The molecule has 0 bridgehead atoms. The summed E-state index contributed by atoms with van der Waals surface area (Å²) in [4.78, 5) is 21.7.